The number of H-pyrrole nitrogens is 1. The number of aliphatic hydroxyl groups is 1. The maximum absolute atomic E-state index is 13.9. The smallest absolute Gasteiger partial charge is 0.453 e. The van der Waals surface area contributed by atoms with Gasteiger partial charge in [-0.2, -0.15) is 0 Å². The molecule has 2 aliphatic rings. The Morgan fingerprint density at radius 3 is 2.26 bits per heavy atom. The fourth-order valence-corrected chi connectivity index (χ4v) is 8.23. The first kappa shape index (κ1) is 48.5. The predicted molar refractivity (Wildman–Crippen MR) is 236 cm³/mol. The number of piperazine rings is 1. The van der Waals surface area contributed by atoms with Crippen molar-refractivity contribution in [2.45, 2.75) is 85.2 Å². The van der Waals surface area contributed by atoms with E-state index in [-0.39, 0.29) is 63.8 Å². The van der Waals surface area contributed by atoms with Crippen molar-refractivity contribution in [3.63, 3.8) is 0 Å². The van der Waals surface area contributed by atoms with Crippen molar-refractivity contribution in [3.05, 3.63) is 76.8 Å². The largest absolute Gasteiger partial charge is 0.573 e. The highest BCUT2D eigenvalue weighted by Crippen LogP contribution is 2.41. The van der Waals surface area contributed by atoms with Crippen molar-refractivity contribution in [2.24, 2.45) is 11.3 Å². The molecule has 4 aromatic rings. The second-order valence-electron chi connectivity index (χ2n) is 17.4. The van der Waals surface area contributed by atoms with Crippen LogP contribution in [0.15, 0.2) is 54.7 Å². The maximum Gasteiger partial charge on any atom is 0.573 e. The Labute approximate surface area is 379 Å². The van der Waals surface area contributed by atoms with Gasteiger partial charge < -0.3 is 49.6 Å². The number of carbonyl (C=O) groups is 4. The highest BCUT2D eigenvalue weighted by Gasteiger charge is 2.42. The normalized spacial score (nSPS) is 18.4. The molecule has 4 N–H and O–H groups in total. The number of nitrogens with zero attached hydrogens (tertiary/aromatic N) is 5. The molecule has 0 bridgehead atoms. The van der Waals surface area contributed by atoms with Crippen molar-refractivity contribution in [2.75, 3.05) is 50.6 Å². The van der Waals surface area contributed by atoms with Crippen LogP contribution in [-0.4, -0.2) is 119 Å². The molecule has 350 valence electrons. The van der Waals surface area contributed by atoms with E-state index in [1.807, 2.05) is 37.5 Å². The first-order valence-corrected chi connectivity index (χ1v) is 21.4. The van der Waals surface area contributed by atoms with Gasteiger partial charge in [0.25, 0.3) is 5.91 Å². The van der Waals surface area contributed by atoms with Gasteiger partial charge in [-0.1, -0.05) is 70.5 Å². The Bertz CT molecular complexity index is 2370. The van der Waals surface area contributed by atoms with Crippen molar-refractivity contribution in [3.8, 4) is 28.1 Å². The van der Waals surface area contributed by atoms with Gasteiger partial charge in [0.2, 0.25) is 11.8 Å². The molecular weight excluding hydrogens is 873 g/mol. The first-order chi connectivity index (χ1) is 30.6. The second-order valence-corrected chi connectivity index (χ2v) is 17.8. The molecule has 4 heterocycles. The minimum absolute atomic E-state index is 0.0302. The third-order valence-electron chi connectivity index (χ3n) is 11.4. The number of hydrogen-bond acceptors (Lipinski definition) is 11. The lowest BCUT2D eigenvalue weighted by atomic mass is 9.94. The summed E-state index contributed by atoms with van der Waals surface area (Å²) in [7, 11) is 2.73. The zero-order chi connectivity index (χ0) is 47.5. The van der Waals surface area contributed by atoms with Crippen LogP contribution in [-0.2, 0) is 25.7 Å². The number of alkyl carbamates (subject to hydrolysis) is 1. The number of aromatic nitrogens is 3. The van der Waals surface area contributed by atoms with Crippen LogP contribution in [0.4, 0.5) is 29.5 Å². The molecule has 0 radical (unpaired) electrons. The quantitative estimate of drug-likeness (QED) is 0.113. The van der Waals surface area contributed by atoms with Gasteiger partial charge in [-0.25, -0.2) is 14.8 Å². The molecule has 4 atom stereocenters. The molecule has 2 saturated heterocycles. The zero-order valence-corrected chi connectivity index (χ0v) is 38.1. The summed E-state index contributed by atoms with van der Waals surface area (Å²) < 4.78 is 56.3. The molecule has 0 aliphatic carbocycles. The molecule has 0 spiro atoms. The van der Waals surface area contributed by atoms with E-state index in [4.69, 9.17) is 26.1 Å². The van der Waals surface area contributed by atoms with E-state index in [1.165, 1.54) is 38.6 Å². The average molecular weight is 927 g/mol. The molecular formula is C45H54ClF3N8O8. The van der Waals surface area contributed by atoms with Crippen LogP contribution in [0.2, 0.25) is 5.02 Å². The molecule has 0 unspecified atom stereocenters. The molecule has 16 nitrogen and oxygen atoms in total. The van der Waals surface area contributed by atoms with Crippen LogP contribution in [0.3, 0.4) is 0 Å². The third-order valence-corrected chi connectivity index (χ3v) is 11.7. The van der Waals surface area contributed by atoms with E-state index in [0.29, 0.717) is 54.6 Å². The summed E-state index contributed by atoms with van der Waals surface area (Å²) in [4.78, 5) is 70.0. The summed E-state index contributed by atoms with van der Waals surface area (Å²) in [6.07, 6.45) is -4.48. The minimum Gasteiger partial charge on any atom is -0.453 e. The number of halogens is 4. The van der Waals surface area contributed by atoms with E-state index in [9.17, 15) is 37.5 Å². The van der Waals surface area contributed by atoms with Gasteiger partial charge in [-0.3, -0.25) is 14.4 Å². The van der Waals surface area contributed by atoms with Gasteiger partial charge in [-0.15, -0.1) is 13.2 Å². The average Bonchev–Trinajstić information content (AvgIpc) is 3.90. The number of pyridine rings is 1. The molecule has 6 rings (SSSR count). The third kappa shape index (κ3) is 11.1. The van der Waals surface area contributed by atoms with Crippen molar-refractivity contribution >= 4 is 46.9 Å². The number of anilines is 2. The Morgan fingerprint density at radius 2 is 1.69 bits per heavy atom. The Balaban J connectivity index is 1.21. The molecule has 65 heavy (non-hydrogen) atoms. The summed E-state index contributed by atoms with van der Waals surface area (Å²) in [6, 6.07) is 10.2. The Hall–Kier alpha value is -5.92. The Morgan fingerprint density at radius 1 is 1.00 bits per heavy atom. The summed E-state index contributed by atoms with van der Waals surface area (Å²) in [5, 5.41) is 15.5. The van der Waals surface area contributed by atoms with E-state index >= 15 is 0 Å². The predicted octanol–water partition coefficient (Wildman–Crippen LogP) is 7.19. The number of alkyl halides is 3. The molecule has 2 aromatic carbocycles. The number of ether oxygens (including phenoxy) is 3. The number of amides is 4. The van der Waals surface area contributed by atoms with Crippen LogP contribution in [0.25, 0.3) is 22.4 Å². The zero-order valence-electron chi connectivity index (χ0n) is 37.4. The van der Waals surface area contributed by atoms with Crippen LogP contribution in [0.5, 0.6) is 5.75 Å². The number of likely N-dealkylation sites (tertiary alicyclic amines) is 1. The van der Waals surface area contributed by atoms with E-state index < -0.39 is 48.2 Å². The van der Waals surface area contributed by atoms with Crippen molar-refractivity contribution in [1.29, 1.82) is 0 Å². The van der Waals surface area contributed by atoms with Crippen LogP contribution in [0.1, 0.15) is 75.9 Å². The first-order valence-electron chi connectivity index (χ1n) is 21.0. The number of imidazole rings is 1. The number of methoxy groups -OCH3 is 2. The van der Waals surface area contributed by atoms with Gasteiger partial charge in [-0.05, 0) is 36.6 Å². The SMILES string of the molecule is COC(=O)N[C@H](C(=O)N1C[C@@H](OC)C[C@H]1c1nc(-c2ccc(-c3cc(Cl)c(NC(=O)c4ccc(N5CCN(C(=O)C(C)(C)C)C[C@H]5C)nc4)cc3OC(F)(F)F)cc2)c(CO)[nH]1)C(C)C. The van der Waals surface area contributed by atoms with Gasteiger partial charge >= 0.3 is 12.5 Å². The molecule has 20 heteroatoms. The number of carbonyl (C=O) groups excluding carboxylic acids is 4. The number of aliphatic hydroxyl groups excluding tert-OH is 1. The number of aromatic amines is 1. The summed E-state index contributed by atoms with van der Waals surface area (Å²) in [6.45, 7) is 12.5. The second kappa shape index (κ2) is 19.7. The van der Waals surface area contributed by atoms with Gasteiger partial charge in [0.05, 0.1) is 53.5 Å². The van der Waals surface area contributed by atoms with Crippen LogP contribution < -0.4 is 20.3 Å². The highest BCUT2D eigenvalue weighted by molar-refractivity contribution is 6.34. The van der Waals surface area contributed by atoms with Crippen LogP contribution in [0, 0.1) is 11.3 Å². The number of hydrogen-bond donors (Lipinski definition) is 4. The maximum atomic E-state index is 13.9. The molecule has 2 fully saturated rings. The number of nitrogens with one attached hydrogen (secondary N) is 3. The summed E-state index contributed by atoms with van der Waals surface area (Å²) in [5.41, 5.74) is 0.888. The van der Waals surface area contributed by atoms with Crippen molar-refractivity contribution in [1.82, 2.24) is 30.1 Å². The molecule has 0 saturated carbocycles. The van der Waals surface area contributed by atoms with E-state index in [2.05, 4.69) is 25.3 Å². The Kier molecular flexibility index (Phi) is 14.7. The molecule has 2 aromatic heterocycles. The topological polar surface area (TPSA) is 192 Å². The lowest BCUT2D eigenvalue weighted by molar-refractivity contribution is -0.274. The van der Waals surface area contributed by atoms with Crippen molar-refractivity contribution < 1.29 is 51.7 Å². The molecule has 2 aliphatic heterocycles. The van der Waals surface area contributed by atoms with Crippen LogP contribution >= 0.6 is 11.6 Å². The lowest BCUT2D eigenvalue weighted by Gasteiger charge is -2.42. The molecule has 4 amide bonds. The summed E-state index contributed by atoms with van der Waals surface area (Å²) >= 11 is 6.61. The fraction of sp³-hybridized carbons (Fsp3) is 0.467. The fourth-order valence-electron chi connectivity index (χ4n) is 8.02. The van der Waals surface area contributed by atoms with E-state index in [0.717, 1.165) is 6.07 Å². The highest BCUT2D eigenvalue weighted by atomic mass is 35.5. The number of benzene rings is 2. The minimum atomic E-state index is -5.10. The van der Waals surface area contributed by atoms with Gasteiger partial charge in [0.15, 0.2) is 0 Å². The standard InChI is InChI=1S/C45H54ClF3N8O8/c1-24(2)37(54-43(62)64-8)41(60)57-22-29(63-7)17-34(57)39-51-33(23-58)38(53-39)27-11-9-26(10-12-27)30-18-31(46)32(19-35(30)65-45(47,48)49)52-40(59)28-13-14-36(50-20-28)56-16-15-55(21-25(56)3)42(61)44(4,5)6/h9-14,18-20,24-25,29,34,37,58H,15-17,21-23H2,1-8H3,(H,51,53)(H,52,59)(H,54,62)/t25-,29+,34+,37+/m1/s1. The lowest BCUT2D eigenvalue weighted by Crippen LogP contribution is -2.56. The van der Waals surface area contributed by atoms with Gasteiger partial charge in [0.1, 0.15) is 23.4 Å². The number of rotatable bonds is 12. The monoisotopic (exact) mass is 926 g/mol. The summed E-state index contributed by atoms with van der Waals surface area (Å²) in [5.74, 6) is -0.937. The van der Waals surface area contributed by atoms with Gasteiger partial charge in [0, 0.05) is 74.6 Å². The van der Waals surface area contributed by atoms with E-state index in [1.54, 1.807) is 43.0 Å².